The van der Waals surface area contributed by atoms with E-state index in [1.54, 1.807) is 32.5 Å². The molecule has 0 radical (unpaired) electrons. The Morgan fingerprint density at radius 3 is 2.67 bits per heavy atom. The smallest absolute Gasteiger partial charge is 0.329 e. The number of rotatable bonds is 6. The second-order valence-electron chi connectivity index (χ2n) is 4.97. The van der Waals surface area contributed by atoms with Crippen molar-refractivity contribution in [3.8, 4) is 11.5 Å². The van der Waals surface area contributed by atoms with Crippen LogP contribution in [-0.4, -0.2) is 36.5 Å². The second kappa shape index (κ2) is 7.49. The maximum Gasteiger partial charge on any atom is 0.329 e. The summed E-state index contributed by atoms with van der Waals surface area (Å²) in [6.45, 7) is 2.44. The lowest BCUT2D eigenvalue weighted by atomic mass is 10.2. The van der Waals surface area contributed by atoms with Gasteiger partial charge < -0.3 is 9.47 Å². The van der Waals surface area contributed by atoms with Crippen LogP contribution in [-0.2, 0) is 7.05 Å². The van der Waals surface area contributed by atoms with E-state index in [9.17, 15) is 9.59 Å². The Labute approximate surface area is 139 Å². The summed E-state index contributed by atoms with van der Waals surface area (Å²) >= 11 is 0. The van der Waals surface area contributed by atoms with Crippen LogP contribution in [0.3, 0.4) is 0 Å². The predicted molar refractivity (Wildman–Crippen MR) is 92.5 cm³/mol. The first-order valence-corrected chi connectivity index (χ1v) is 7.35. The molecule has 8 nitrogen and oxygen atoms in total. The molecule has 2 aromatic rings. The lowest BCUT2D eigenvalue weighted by molar-refractivity contribution is 0.311. The van der Waals surface area contributed by atoms with Gasteiger partial charge >= 0.3 is 5.69 Å². The molecule has 0 atom stereocenters. The van der Waals surface area contributed by atoms with Crippen molar-refractivity contribution in [2.45, 2.75) is 6.92 Å². The standard InChI is InChI=1S/C16H20N4O4/c1-5-24-12-7-6-11(8-13(12)23-4)10-17-20(3)14-9-15(21)19(2)16(22)18-14/h6-10H,5H2,1-4H3,(H,18,22). The number of ether oxygens (including phenoxy) is 2. The van der Waals surface area contributed by atoms with Crippen LogP contribution in [0.1, 0.15) is 12.5 Å². The van der Waals surface area contributed by atoms with E-state index in [2.05, 4.69) is 10.1 Å². The molecular formula is C16H20N4O4. The van der Waals surface area contributed by atoms with Crippen molar-refractivity contribution in [1.82, 2.24) is 9.55 Å². The molecular weight excluding hydrogens is 312 g/mol. The van der Waals surface area contributed by atoms with Gasteiger partial charge in [-0.2, -0.15) is 5.10 Å². The number of aromatic amines is 1. The van der Waals surface area contributed by atoms with E-state index in [0.29, 0.717) is 23.9 Å². The quantitative estimate of drug-likeness (QED) is 0.628. The van der Waals surface area contributed by atoms with Gasteiger partial charge in [0.05, 0.1) is 19.9 Å². The van der Waals surface area contributed by atoms with Crippen molar-refractivity contribution in [3.63, 3.8) is 0 Å². The molecule has 24 heavy (non-hydrogen) atoms. The van der Waals surface area contributed by atoms with Crippen LogP contribution in [0.2, 0.25) is 0 Å². The molecule has 8 heteroatoms. The molecule has 0 saturated carbocycles. The fourth-order valence-corrected chi connectivity index (χ4v) is 1.97. The largest absolute Gasteiger partial charge is 0.493 e. The highest BCUT2D eigenvalue weighted by atomic mass is 16.5. The first-order chi connectivity index (χ1) is 11.5. The van der Waals surface area contributed by atoms with E-state index in [1.807, 2.05) is 13.0 Å². The Morgan fingerprint density at radius 2 is 2.04 bits per heavy atom. The number of hydrazone groups is 1. The Morgan fingerprint density at radius 1 is 1.29 bits per heavy atom. The summed E-state index contributed by atoms with van der Waals surface area (Å²) in [6, 6.07) is 6.72. The van der Waals surface area contributed by atoms with Gasteiger partial charge in [0.15, 0.2) is 11.5 Å². The number of nitrogens with zero attached hydrogens (tertiary/aromatic N) is 3. The number of aromatic nitrogens is 2. The van der Waals surface area contributed by atoms with Crippen molar-refractivity contribution in [3.05, 3.63) is 50.7 Å². The number of hydrogen-bond donors (Lipinski definition) is 1. The van der Waals surface area contributed by atoms with Crippen LogP contribution in [0.4, 0.5) is 5.82 Å². The molecule has 0 aliphatic rings. The van der Waals surface area contributed by atoms with E-state index >= 15 is 0 Å². The second-order valence-corrected chi connectivity index (χ2v) is 4.97. The summed E-state index contributed by atoms with van der Waals surface area (Å²) in [5.41, 5.74) is -0.117. The maximum absolute atomic E-state index is 11.7. The highest BCUT2D eigenvalue weighted by Crippen LogP contribution is 2.27. The summed E-state index contributed by atoms with van der Waals surface area (Å²) in [4.78, 5) is 25.9. The van der Waals surface area contributed by atoms with Crippen LogP contribution in [0.15, 0.2) is 39.0 Å². The molecule has 0 aliphatic carbocycles. The molecule has 0 saturated heterocycles. The van der Waals surface area contributed by atoms with Crippen molar-refractivity contribution in [1.29, 1.82) is 0 Å². The van der Waals surface area contributed by atoms with Gasteiger partial charge in [-0.05, 0) is 30.7 Å². The van der Waals surface area contributed by atoms with Gasteiger partial charge in [-0.15, -0.1) is 0 Å². The summed E-state index contributed by atoms with van der Waals surface area (Å²) in [5.74, 6) is 1.56. The summed E-state index contributed by atoms with van der Waals surface area (Å²) in [5, 5.41) is 5.63. The highest BCUT2D eigenvalue weighted by Gasteiger charge is 2.06. The minimum Gasteiger partial charge on any atom is -0.493 e. The Hall–Kier alpha value is -3.03. The molecule has 1 aromatic heterocycles. The Kier molecular flexibility index (Phi) is 5.41. The van der Waals surface area contributed by atoms with E-state index in [1.165, 1.54) is 18.1 Å². The van der Waals surface area contributed by atoms with Gasteiger partial charge in [-0.1, -0.05) is 0 Å². The highest BCUT2D eigenvalue weighted by molar-refractivity contribution is 5.81. The van der Waals surface area contributed by atoms with Crippen LogP contribution in [0.5, 0.6) is 11.5 Å². The van der Waals surface area contributed by atoms with Gasteiger partial charge in [-0.3, -0.25) is 19.4 Å². The lowest BCUT2D eigenvalue weighted by Crippen LogP contribution is -2.33. The number of anilines is 1. The van der Waals surface area contributed by atoms with Gasteiger partial charge in [0, 0.05) is 20.2 Å². The molecule has 1 N–H and O–H groups in total. The molecule has 0 spiro atoms. The average Bonchev–Trinajstić information content (AvgIpc) is 2.58. The van der Waals surface area contributed by atoms with Gasteiger partial charge in [0.1, 0.15) is 5.82 Å². The summed E-state index contributed by atoms with van der Waals surface area (Å²) in [7, 11) is 4.60. The third-order valence-electron chi connectivity index (χ3n) is 3.35. The molecule has 0 fully saturated rings. The molecule has 0 amide bonds. The Bertz CT molecular complexity index is 823. The maximum atomic E-state index is 11.7. The van der Waals surface area contributed by atoms with Gasteiger partial charge in [0.2, 0.25) is 0 Å². The molecule has 0 unspecified atom stereocenters. The lowest BCUT2D eigenvalue weighted by Gasteiger charge is -2.13. The van der Waals surface area contributed by atoms with Crippen LogP contribution < -0.4 is 25.7 Å². The van der Waals surface area contributed by atoms with E-state index < -0.39 is 11.2 Å². The SMILES string of the molecule is CCOc1ccc(C=NN(C)c2cc(=O)n(C)c(=O)[nH]2)cc1OC. The van der Waals surface area contributed by atoms with Crippen molar-refractivity contribution >= 4 is 12.0 Å². The van der Waals surface area contributed by atoms with E-state index in [-0.39, 0.29) is 0 Å². The minimum atomic E-state index is -0.498. The summed E-state index contributed by atoms with van der Waals surface area (Å²) in [6.07, 6.45) is 1.59. The van der Waals surface area contributed by atoms with E-state index in [0.717, 1.165) is 10.1 Å². The van der Waals surface area contributed by atoms with Gasteiger partial charge in [-0.25, -0.2) is 4.79 Å². The van der Waals surface area contributed by atoms with Gasteiger partial charge in [0.25, 0.3) is 5.56 Å². The van der Waals surface area contributed by atoms with Crippen molar-refractivity contribution in [2.75, 3.05) is 25.8 Å². The molecule has 2 rings (SSSR count). The average molecular weight is 332 g/mol. The number of nitrogens with one attached hydrogen (secondary N) is 1. The number of methoxy groups -OCH3 is 1. The third kappa shape index (κ3) is 3.83. The molecule has 0 aliphatic heterocycles. The minimum absolute atomic E-state index is 0.303. The number of hydrogen-bond acceptors (Lipinski definition) is 6. The molecule has 128 valence electrons. The fraction of sp³-hybridized carbons (Fsp3) is 0.312. The molecule has 0 bridgehead atoms. The van der Waals surface area contributed by atoms with Crippen LogP contribution in [0, 0.1) is 0 Å². The van der Waals surface area contributed by atoms with Crippen LogP contribution in [0.25, 0.3) is 0 Å². The molecule has 1 aromatic carbocycles. The zero-order valence-electron chi connectivity index (χ0n) is 14.1. The first-order valence-electron chi connectivity index (χ1n) is 7.35. The Balaban J connectivity index is 2.24. The molecule has 1 heterocycles. The first kappa shape index (κ1) is 17.3. The number of benzene rings is 1. The zero-order chi connectivity index (χ0) is 17.7. The summed E-state index contributed by atoms with van der Waals surface area (Å²) < 4.78 is 11.7. The zero-order valence-corrected chi connectivity index (χ0v) is 14.1. The topological polar surface area (TPSA) is 88.9 Å². The third-order valence-corrected chi connectivity index (χ3v) is 3.35. The normalized spacial score (nSPS) is 10.8. The monoisotopic (exact) mass is 332 g/mol. The van der Waals surface area contributed by atoms with Crippen LogP contribution >= 0.6 is 0 Å². The van der Waals surface area contributed by atoms with E-state index in [4.69, 9.17) is 9.47 Å². The predicted octanol–water partition coefficient (Wildman–Crippen LogP) is 0.951. The fourth-order valence-electron chi connectivity index (χ4n) is 1.97. The van der Waals surface area contributed by atoms with Crippen molar-refractivity contribution in [2.24, 2.45) is 12.1 Å². The van der Waals surface area contributed by atoms with Crippen molar-refractivity contribution < 1.29 is 9.47 Å². The number of H-pyrrole nitrogens is 1.